The topological polar surface area (TPSA) is 20.3 Å². The molecule has 1 aliphatic carbocycles. The zero-order valence-corrected chi connectivity index (χ0v) is 9.33. The highest BCUT2D eigenvalue weighted by Gasteiger charge is 2.37. The SMILES string of the molecule is CC(=O)C(C)N1CCCC2CCCC21. The number of nitrogens with zero attached hydrogens (tertiary/aromatic N) is 1. The van der Waals surface area contributed by atoms with Crippen molar-refractivity contribution in [2.45, 2.75) is 58.0 Å². The second-order valence-electron chi connectivity index (χ2n) is 4.93. The number of fused-ring (bicyclic) bond motifs is 1. The molecule has 0 spiro atoms. The minimum atomic E-state index is 0.154. The van der Waals surface area contributed by atoms with E-state index >= 15 is 0 Å². The van der Waals surface area contributed by atoms with Crippen LogP contribution in [0.5, 0.6) is 0 Å². The lowest BCUT2D eigenvalue weighted by atomic mass is 9.90. The molecule has 0 aromatic carbocycles. The molecule has 1 aliphatic heterocycles. The third kappa shape index (κ3) is 1.72. The number of Topliss-reactive ketones (excluding diaryl/α,β-unsaturated/α-hetero) is 1. The van der Waals surface area contributed by atoms with E-state index in [4.69, 9.17) is 0 Å². The van der Waals surface area contributed by atoms with Crippen LogP contribution < -0.4 is 0 Å². The quantitative estimate of drug-likeness (QED) is 0.673. The molecule has 1 saturated carbocycles. The second kappa shape index (κ2) is 4.01. The highest BCUT2D eigenvalue weighted by Crippen LogP contribution is 2.37. The summed E-state index contributed by atoms with van der Waals surface area (Å²) < 4.78 is 0. The molecule has 0 bridgehead atoms. The van der Waals surface area contributed by atoms with Gasteiger partial charge >= 0.3 is 0 Å². The van der Waals surface area contributed by atoms with Crippen molar-refractivity contribution in [3.63, 3.8) is 0 Å². The van der Waals surface area contributed by atoms with Crippen LogP contribution in [0.3, 0.4) is 0 Å². The maximum absolute atomic E-state index is 11.4. The van der Waals surface area contributed by atoms with Crippen LogP contribution in [0.2, 0.25) is 0 Å². The van der Waals surface area contributed by atoms with Gasteiger partial charge in [0.15, 0.2) is 0 Å². The van der Waals surface area contributed by atoms with E-state index in [1.807, 2.05) is 0 Å². The molecule has 0 amide bonds. The Balaban J connectivity index is 2.06. The van der Waals surface area contributed by atoms with Gasteiger partial charge in [-0.3, -0.25) is 9.69 Å². The van der Waals surface area contributed by atoms with Crippen LogP contribution in [0.1, 0.15) is 46.0 Å². The van der Waals surface area contributed by atoms with Gasteiger partial charge in [-0.05, 0) is 52.0 Å². The molecule has 3 atom stereocenters. The van der Waals surface area contributed by atoms with E-state index in [1.54, 1.807) is 6.92 Å². The fraction of sp³-hybridized carbons (Fsp3) is 0.917. The molecular formula is C12H21NO. The van der Waals surface area contributed by atoms with Crippen LogP contribution in [0.15, 0.2) is 0 Å². The predicted molar refractivity (Wildman–Crippen MR) is 57.2 cm³/mol. The molecule has 14 heavy (non-hydrogen) atoms. The van der Waals surface area contributed by atoms with Crippen molar-refractivity contribution in [3.05, 3.63) is 0 Å². The number of carbonyl (C=O) groups is 1. The number of hydrogen-bond donors (Lipinski definition) is 0. The Kier molecular flexibility index (Phi) is 2.91. The summed E-state index contributed by atoms with van der Waals surface area (Å²) in [6.07, 6.45) is 6.77. The summed E-state index contributed by atoms with van der Waals surface area (Å²) in [6, 6.07) is 0.878. The Bertz CT molecular complexity index is 226. The molecule has 0 aromatic heterocycles. The van der Waals surface area contributed by atoms with Gasteiger partial charge in [-0.1, -0.05) is 6.42 Å². The maximum atomic E-state index is 11.4. The molecule has 3 unspecified atom stereocenters. The van der Waals surface area contributed by atoms with E-state index < -0.39 is 0 Å². The number of rotatable bonds is 2. The number of likely N-dealkylation sites (tertiary alicyclic amines) is 1. The van der Waals surface area contributed by atoms with Gasteiger partial charge in [-0.25, -0.2) is 0 Å². The molecule has 1 heterocycles. The van der Waals surface area contributed by atoms with Crippen LogP contribution in [0.25, 0.3) is 0 Å². The summed E-state index contributed by atoms with van der Waals surface area (Å²) in [6.45, 7) is 4.94. The van der Waals surface area contributed by atoms with E-state index in [2.05, 4.69) is 11.8 Å². The van der Waals surface area contributed by atoms with Crippen molar-refractivity contribution in [2.24, 2.45) is 5.92 Å². The van der Waals surface area contributed by atoms with Gasteiger partial charge in [0.25, 0.3) is 0 Å². The number of hydrogen-bond acceptors (Lipinski definition) is 2. The number of carbonyl (C=O) groups excluding carboxylic acids is 1. The van der Waals surface area contributed by atoms with E-state index in [9.17, 15) is 4.79 Å². The smallest absolute Gasteiger partial charge is 0.146 e. The van der Waals surface area contributed by atoms with Crippen LogP contribution in [0.4, 0.5) is 0 Å². The second-order valence-corrected chi connectivity index (χ2v) is 4.93. The van der Waals surface area contributed by atoms with Gasteiger partial charge in [0.1, 0.15) is 5.78 Å². The average Bonchev–Trinajstić information content (AvgIpc) is 2.63. The van der Waals surface area contributed by atoms with Gasteiger partial charge in [0.2, 0.25) is 0 Å². The summed E-state index contributed by atoms with van der Waals surface area (Å²) >= 11 is 0. The van der Waals surface area contributed by atoms with Crippen molar-refractivity contribution < 1.29 is 4.79 Å². The minimum Gasteiger partial charge on any atom is -0.298 e. The zero-order valence-electron chi connectivity index (χ0n) is 9.33. The van der Waals surface area contributed by atoms with Crippen molar-refractivity contribution in [1.29, 1.82) is 0 Å². The predicted octanol–water partition coefficient (Wildman–Crippen LogP) is 2.23. The summed E-state index contributed by atoms with van der Waals surface area (Å²) in [7, 11) is 0. The molecule has 80 valence electrons. The molecule has 0 radical (unpaired) electrons. The van der Waals surface area contributed by atoms with Crippen molar-refractivity contribution in [3.8, 4) is 0 Å². The first-order valence-electron chi connectivity index (χ1n) is 5.96. The van der Waals surface area contributed by atoms with Gasteiger partial charge in [0, 0.05) is 6.04 Å². The molecule has 1 saturated heterocycles. The van der Waals surface area contributed by atoms with E-state index in [0.717, 1.165) is 18.5 Å². The first-order valence-corrected chi connectivity index (χ1v) is 5.96. The Morgan fingerprint density at radius 2 is 2.00 bits per heavy atom. The van der Waals surface area contributed by atoms with Crippen molar-refractivity contribution in [1.82, 2.24) is 4.90 Å². The zero-order chi connectivity index (χ0) is 10.1. The van der Waals surface area contributed by atoms with Crippen molar-refractivity contribution in [2.75, 3.05) is 6.54 Å². The lowest BCUT2D eigenvalue weighted by Gasteiger charge is -2.40. The van der Waals surface area contributed by atoms with Crippen LogP contribution in [-0.4, -0.2) is 29.3 Å². The monoisotopic (exact) mass is 195 g/mol. The van der Waals surface area contributed by atoms with E-state index in [1.165, 1.54) is 32.1 Å². The van der Waals surface area contributed by atoms with Crippen molar-refractivity contribution >= 4 is 5.78 Å². The minimum absolute atomic E-state index is 0.154. The lowest BCUT2D eigenvalue weighted by Crippen LogP contribution is -2.49. The van der Waals surface area contributed by atoms with Gasteiger partial charge in [-0.15, -0.1) is 0 Å². The first-order chi connectivity index (χ1) is 6.70. The standard InChI is InChI=1S/C12H21NO/c1-9(10(2)14)13-8-4-6-11-5-3-7-12(11)13/h9,11-12H,3-8H2,1-2H3. The molecule has 2 rings (SSSR count). The number of ketones is 1. The normalized spacial score (nSPS) is 35.3. The van der Waals surface area contributed by atoms with E-state index in [-0.39, 0.29) is 6.04 Å². The average molecular weight is 195 g/mol. The Hall–Kier alpha value is -0.370. The maximum Gasteiger partial charge on any atom is 0.146 e. The molecule has 2 heteroatoms. The van der Waals surface area contributed by atoms with Crippen LogP contribution in [0, 0.1) is 5.92 Å². The summed E-state index contributed by atoms with van der Waals surface area (Å²) in [4.78, 5) is 13.9. The highest BCUT2D eigenvalue weighted by atomic mass is 16.1. The summed E-state index contributed by atoms with van der Waals surface area (Å²) in [5.41, 5.74) is 0. The fourth-order valence-corrected chi connectivity index (χ4v) is 3.21. The van der Waals surface area contributed by atoms with Crippen LogP contribution >= 0.6 is 0 Å². The molecule has 0 N–H and O–H groups in total. The summed E-state index contributed by atoms with van der Waals surface area (Å²) in [5.74, 6) is 1.23. The van der Waals surface area contributed by atoms with Crippen LogP contribution in [-0.2, 0) is 4.79 Å². The Morgan fingerprint density at radius 3 is 2.71 bits per heavy atom. The molecule has 0 aromatic rings. The molecular weight excluding hydrogens is 174 g/mol. The Morgan fingerprint density at radius 1 is 1.29 bits per heavy atom. The largest absolute Gasteiger partial charge is 0.298 e. The molecule has 2 aliphatic rings. The fourth-order valence-electron chi connectivity index (χ4n) is 3.21. The number of piperidine rings is 1. The van der Waals surface area contributed by atoms with Gasteiger partial charge in [-0.2, -0.15) is 0 Å². The van der Waals surface area contributed by atoms with Gasteiger partial charge < -0.3 is 0 Å². The third-order valence-electron chi connectivity index (χ3n) is 4.12. The third-order valence-corrected chi connectivity index (χ3v) is 4.12. The first kappa shape index (κ1) is 10.2. The van der Waals surface area contributed by atoms with E-state index in [0.29, 0.717) is 5.78 Å². The van der Waals surface area contributed by atoms with Gasteiger partial charge in [0.05, 0.1) is 6.04 Å². The Labute approximate surface area is 86.7 Å². The molecule has 2 fully saturated rings. The molecule has 2 nitrogen and oxygen atoms in total. The lowest BCUT2D eigenvalue weighted by molar-refractivity contribution is -0.123. The summed E-state index contributed by atoms with van der Waals surface area (Å²) in [5, 5.41) is 0. The highest BCUT2D eigenvalue weighted by molar-refractivity contribution is 5.81.